The van der Waals surface area contributed by atoms with Gasteiger partial charge in [-0.1, -0.05) is 22.4 Å². The summed E-state index contributed by atoms with van der Waals surface area (Å²) < 4.78 is 28.4. The van der Waals surface area contributed by atoms with Crippen LogP contribution in [0.15, 0.2) is 0 Å². The van der Waals surface area contributed by atoms with E-state index in [9.17, 15) is 8.42 Å². The van der Waals surface area contributed by atoms with Crippen LogP contribution in [0.4, 0.5) is 0 Å². The lowest BCUT2D eigenvalue weighted by molar-refractivity contribution is 0.237. The number of piperidine rings is 2. The summed E-state index contributed by atoms with van der Waals surface area (Å²) in [5.41, 5.74) is 0. The van der Waals surface area contributed by atoms with Gasteiger partial charge in [0.05, 0.1) is 0 Å². The second kappa shape index (κ2) is 5.55. The van der Waals surface area contributed by atoms with Crippen molar-refractivity contribution in [2.24, 2.45) is 0 Å². The maximum absolute atomic E-state index is 12.5. The van der Waals surface area contributed by atoms with Crippen molar-refractivity contribution in [3.63, 3.8) is 0 Å². The first-order valence-electron chi connectivity index (χ1n) is 6.43. The molecule has 0 amide bonds. The van der Waals surface area contributed by atoms with Crippen molar-refractivity contribution in [2.75, 3.05) is 19.6 Å². The lowest BCUT2D eigenvalue weighted by Crippen LogP contribution is -2.52. The molecule has 100 valence electrons. The molecule has 2 unspecified atom stereocenters. The molecule has 0 saturated carbocycles. The molecule has 0 radical (unpaired) electrons. The lowest BCUT2D eigenvalue weighted by atomic mass is 10.1. The van der Waals surface area contributed by atoms with Crippen LogP contribution in [-0.2, 0) is 10.2 Å². The van der Waals surface area contributed by atoms with Gasteiger partial charge in [-0.3, -0.25) is 0 Å². The van der Waals surface area contributed by atoms with E-state index in [2.05, 4.69) is 15.9 Å². The van der Waals surface area contributed by atoms with E-state index in [-0.39, 0.29) is 6.04 Å². The minimum absolute atomic E-state index is 0.157. The van der Waals surface area contributed by atoms with Crippen LogP contribution in [-0.4, -0.2) is 47.5 Å². The Balaban J connectivity index is 2.11. The fourth-order valence-corrected chi connectivity index (χ4v) is 5.47. The lowest BCUT2D eigenvalue weighted by Gasteiger charge is -2.38. The molecular weight excluding hydrogens is 304 g/mol. The Labute approximate surface area is 113 Å². The fourth-order valence-electron chi connectivity index (χ4n) is 2.67. The average molecular weight is 325 g/mol. The summed E-state index contributed by atoms with van der Waals surface area (Å²) in [6, 6.07) is 0.157. The summed E-state index contributed by atoms with van der Waals surface area (Å²) in [4.78, 5) is 0.311. The zero-order chi connectivity index (χ0) is 12.5. The maximum Gasteiger partial charge on any atom is 0.282 e. The highest BCUT2D eigenvalue weighted by Crippen LogP contribution is 2.26. The van der Waals surface area contributed by atoms with Gasteiger partial charge in [-0.2, -0.15) is 17.0 Å². The predicted octanol–water partition coefficient (Wildman–Crippen LogP) is 1.96. The van der Waals surface area contributed by atoms with Crippen LogP contribution in [0.1, 0.15) is 39.0 Å². The highest BCUT2D eigenvalue weighted by molar-refractivity contribution is 9.09. The van der Waals surface area contributed by atoms with Crippen molar-refractivity contribution in [3.8, 4) is 0 Å². The van der Waals surface area contributed by atoms with Crippen LogP contribution in [0.5, 0.6) is 0 Å². The van der Waals surface area contributed by atoms with Gasteiger partial charge in [0.15, 0.2) is 0 Å². The van der Waals surface area contributed by atoms with E-state index in [0.717, 1.165) is 32.1 Å². The van der Waals surface area contributed by atoms with E-state index in [4.69, 9.17) is 0 Å². The third-order valence-electron chi connectivity index (χ3n) is 3.69. The Morgan fingerprint density at radius 2 is 1.88 bits per heavy atom. The normalized spacial score (nSPS) is 33.8. The molecule has 2 aliphatic rings. The minimum Gasteiger partial charge on any atom is -0.195 e. The van der Waals surface area contributed by atoms with Crippen LogP contribution >= 0.6 is 15.9 Å². The van der Waals surface area contributed by atoms with E-state index in [1.54, 1.807) is 8.61 Å². The molecule has 0 bridgehead atoms. The van der Waals surface area contributed by atoms with Crippen molar-refractivity contribution < 1.29 is 8.42 Å². The van der Waals surface area contributed by atoms with E-state index in [1.807, 2.05) is 6.92 Å². The molecule has 2 saturated heterocycles. The standard InChI is InChI=1S/C11H21BrN2O2S/c1-10-5-2-3-8-14(10)17(15,16)13-7-4-6-11(12)9-13/h10-11H,2-9H2,1H3. The van der Waals surface area contributed by atoms with Crippen molar-refractivity contribution in [3.05, 3.63) is 0 Å². The second-order valence-corrected chi connectivity index (χ2v) is 8.24. The number of nitrogens with zero attached hydrogens (tertiary/aromatic N) is 2. The molecule has 0 aliphatic carbocycles. The summed E-state index contributed by atoms with van der Waals surface area (Å²) in [5.74, 6) is 0. The highest BCUT2D eigenvalue weighted by atomic mass is 79.9. The number of hydrogen-bond acceptors (Lipinski definition) is 2. The first kappa shape index (κ1) is 13.8. The molecule has 17 heavy (non-hydrogen) atoms. The number of alkyl halides is 1. The topological polar surface area (TPSA) is 40.6 Å². The molecule has 2 aliphatic heterocycles. The quantitative estimate of drug-likeness (QED) is 0.728. The Kier molecular flexibility index (Phi) is 4.50. The van der Waals surface area contributed by atoms with Gasteiger partial charge in [-0.25, -0.2) is 0 Å². The van der Waals surface area contributed by atoms with Crippen molar-refractivity contribution >= 4 is 26.1 Å². The molecule has 0 aromatic heterocycles. The molecule has 2 fully saturated rings. The van der Waals surface area contributed by atoms with Gasteiger partial charge < -0.3 is 0 Å². The summed E-state index contributed by atoms with van der Waals surface area (Å²) in [6.45, 7) is 4.00. The van der Waals surface area contributed by atoms with Gasteiger partial charge >= 0.3 is 0 Å². The van der Waals surface area contributed by atoms with Crippen LogP contribution in [0.2, 0.25) is 0 Å². The second-order valence-electron chi connectivity index (χ2n) is 5.06. The van der Waals surface area contributed by atoms with E-state index in [0.29, 0.717) is 24.5 Å². The monoisotopic (exact) mass is 324 g/mol. The van der Waals surface area contributed by atoms with Gasteiger partial charge in [0.1, 0.15) is 0 Å². The summed E-state index contributed by atoms with van der Waals surface area (Å²) in [7, 11) is -3.23. The minimum atomic E-state index is -3.23. The van der Waals surface area contributed by atoms with Crippen LogP contribution < -0.4 is 0 Å². The number of hydrogen-bond donors (Lipinski definition) is 0. The fraction of sp³-hybridized carbons (Fsp3) is 1.00. The summed E-state index contributed by atoms with van der Waals surface area (Å²) in [5, 5.41) is 0. The van der Waals surface area contributed by atoms with Gasteiger partial charge in [0.25, 0.3) is 10.2 Å². The van der Waals surface area contributed by atoms with Gasteiger partial charge in [0.2, 0.25) is 0 Å². The molecule has 0 aromatic carbocycles. The van der Waals surface area contributed by atoms with E-state index in [1.165, 1.54) is 0 Å². The van der Waals surface area contributed by atoms with Crippen LogP contribution in [0.3, 0.4) is 0 Å². The Hall–Kier alpha value is 0.350. The third-order valence-corrected chi connectivity index (χ3v) is 6.56. The molecule has 2 rings (SSSR count). The molecule has 2 atom stereocenters. The van der Waals surface area contributed by atoms with Crippen LogP contribution in [0, 0.1) is 0 Å². The average Bonchev–Trinajstić information content (AvgIpc) is 2.29. The third kappa shape index (κ3) is 3.03. The molecule has 6 heteroatoms. The first-order chi connectivity index (χ1) is 8.01. The Morgan fingerprint density at radius 3 is 2.53 bits per heavy atom. The smallest absolute Gasteiger partial charge is 0.195 e. The molecule has 2 heterocycles. The zero-order valence-electron chi connectivity index (χ0n) is 10.3. The predicted molar refractivity (Wildman–Crippen MR) is 72.5 cm³/mol. The molecular formula is C11H21BrN2O2S. The zero-order valence-corrected chi connectivity index (χ0v) is 12.7. The van der Waals surface area contributed by atoms with Crippen molar-refractivity contribution in [1.29, 1.82) is 0 Å². The van der Waals surface area contributed by atoms with Gasteiger partial charge in [-0.15, -0.1) is 0 Å². The molecule has 4 nitrogen and oxygen atoms in total. The molecule has 0 spiro atoms. The maximum atomic E-state index is 12.5. The number of rotatable bonds is 2. The van der Waals surface area contributed by atoms with E-state index < -0.39 is 10.2 Å². The molecule has 0 aromatic rings. The first-order valence-corrected chi connectivity index (χ1v) is 8.74. The van der Waals surface area contributed by atoms with Crippen molar-refractivity contribution in [1.82, 2.24) is 8.61 Å². The van der Waals surface area contributed by atoms with E-state index >= 15 is 0 Å². The largest absolute Gasteiger partial charge is 0.282 e. The summed E-state index contributed by atoms with van der Waals surface area (Å²) in [6.07, 6.45) is 5.16. The highest BCUT2D eigenvalue weighted by Gasteiger charge is 2.36. The van der Waals surface area contributed by atoms with Gasteiger partial charge in [-0.05, 0) is 32.6 Å². The van der Waals surface area contributed by atoms with Gasteiger partial charge in [0, 0.05) is 30.5 Å². The molecule has 0 N–H and O–H groups in total. The number of halogens is 1. The SMILES string of the molecule is CC1CCCCN1S(=O)(=O)N1CCCC(Br)C1. The Bertz CT molecular complexity index is 360. The summed E-state index contributed by atoms with van der Waals surface area (Å²) >= 11 is 3.54. The van der Waals surface area contributed by atoms with Crippen molar-refractivity contribution in [2.45, 2.75) is 49.9 Å². The Morgan fingerprint density at radius 1 is 1.12 bits per heavy atom. The van der Waals surface area contributed by atoms with Crippen LogP contribution in [0.25, 0.3) is 0 Å².